The third kappa shape index (κ3) is 11.9. The molecule has 0 saturated carbocycles. The van der Waals surface area contributed by atoms with Gasteiger partial charge < -0.3 is 20.3 Å². The number of aliphatic hydroxyl groups is 2. The molecule has 28 heavy (non-hydrogen) atoms. The highest BCUT2D eigenvalue weighted by Gasteiger charge is 2.20. The van der Waals surface area contributed by atoms with Crippen LogP contribution in [0.25, 0.3) is 0 Å². The summed E-state index contributed by atoms with van der Waals surface area (Å²) >= 11 is 0. The fourth-order valence-corrected chi connectivity index (χ4v) is 2.99. The van der Waals surface area contributed by atoms with E-state index in [-0.39, 0.29) is 6.61 Å². The van der Waals surface area contributed by atoms with Crippen LogP contribution < -0.4 is 5.32 Å². The van der Waals surface area contributed by atoms with E-state index in [0.717, 1.165) is 31.4 Å². The lowest BCUT2D eigenvalue weighted by Crippen LogP contribution is -2.41. The van der Waals surface area contributed by atoms with Gasteiger partial charge >= 0.3 is 5.97 Å². The molecule has 0 radical (unpaired) electrons. The molecule has 2 unspecified atom stereocenters. The highest BCUT2D eigenvalue weighted by Crippen LogP contribution is 2.09. The summed E-state index contributed by atoms with van der Waals surface area (Å²) in [6.07, 6.45) is 11.0. The normalized spacial score (nSPS) is 13.1. The van der Waals surface area contributed by atoms with Gasteiger partial charge in [0.2, 0.25) is 0 Å². The second kappa shape index (κ2) is 16.3. The molecule has 1 aromatic rings. The Labute approximate surface area is 169 Å². The van der Waals surface area contributed by atoms with Gasteiger partial charge in [-0.3, -0.25) is 4.79 Å². The number of esters is 1. The van der Waals surface area contributed by atoms with Crippen molar-refractivity contribution in [2.45, 2.75) is 69.9 Å². The second-order valence-electron chi connectivity index (χ2n) is 7.22. The SMILES string of the molecule is C=CCCCCCCCCCNC(Cc1ccccc1)C(=O)OCC(O)CO. The minimum Gasteiger partial charge on any atom is -0.462 e. The van der Waals surface area contributed by atoms with Gasteiger partial charge in [0.1, 0.15) is 18.8 Å². The van der Waals surface area contributed by atoms with E-state index in [1.165, 1.54) is 32.1 Å². The topological polar surface area (TPSA) is 78.8 Å². The van der Waals surface area contributed by atoms with Crippen molar-refractivity contribution in [3.05, 3.63) is 48.6 Å². The van der Waals surface area contributed by atoms with E-state index in [1.54, 1.807) is 0 Å². The molecule has 0 spiro atoms. The molecule has 0 bridgehead atoms. The molecular weight excluding hydrogens is 354 g/mol. The number of hydrogen-bond acceptors (Lipinski definition) is 5. The number of allylic oxidation sites excluding steroid dienone is 1. The first-order chi connectivity index (χ1) is 13.7. The Morgan fingerprint density at radius 1 is 1.07 bits per heavy atom. The number of hydrogen-bond donors (Lipinski definition) is 3. The lowest BCUT2D eigenvalue weighted by atomic mass is 10.1. The molecule has 5 nitrogen and oxygen atoms in total. The number of benzene rings is 1. The smallest absolute Gasteiger partial charge is 0.323 e. The maximum atomic E-state index is 12.4. The summed E-state index contributed by atoms with van der Waals surface area (Å²) in [5.74, 6) is -0.390. The fraction of sp³-hybridized carbons (Fsp3) is 0.609. The second-order valence-corrected chi connectivity index (χ2v) is 7.22. The van der Waals surface area contributed by atoms with Crippen molar-refractivity contribution in [1.82, 2.24) is 5.32 Å². The lowest BCUT2D eigenvalue weighted by molar-refractivity contribution is -0.149. The third-order valence-electron chi connectivity index (χ3n) is 4.67. The summed E-state index contributed by atoms with van der Waals surface area (Å²) in [4.78, 5) is 12.4. The number of ether oxygens (including phenoxy) is 1. The van der Waals surface area contributed by atoms with Crippen molar-refractivity contribution in [2.24, 2.45) is 0 Å². The predicted octanol–water partition coefficient (Wildman–Crippen LogP) is 3.39. The van der Waals surface area contributed by atoms with Crippen LogP contribution in [-0.4, -0.2) is 48.1 Å². The van der Waals surface area contributed by atoms with Crippen LogP contribution in [0.3, 0.4) is 0 Å². The largest absolute Gasteiger partial charge is 0.462 e. The summed E-state index contributed by atoms with van der Waals surface area (Å²) in [5, 5.41) is 21.6. The lowest BCUT2D eigenvalue weighted by Gasteiger charge is -2.19. The van der Waals surface area contributed by atoms with Crippen molar-refractivity contribution in [3.63, 3.8) is 0 Å². The van der Waals surface area contributed by atoms with Gasteiger partial charge in [0, 0.05) is 0 Å². The van der Waals surface area contributed by atoms with Crippen molar-refractivity contribution < 1.29 is 19.7 Å². The van der Waals surface area contributed by atoms with E-state index >= 15 is 0 Å². The number of carbonyl (C=O) groups excluding carboxylic acids is 1. The summed E-state index contributed by atoms with van der Waals surface area (Å²) in [5.41, 5.74) is 1.05. The van der Waals surface area contributed by atoms with E-state index in [0.29, 0.717) is 6.42 Å². The highest BCUT2D eigenvalue weighted by molar-refractivity contribution is 5.76. The van der Waals surface area contributed by atoms with Gasteiger partial charge in [0.05, 0.1) is 6.61 Å². The first-order valence-corrected chi connectivity index (χ1v) is 10.5. The van der Waals surface area contributed by atoms with Gasteiger partial charge in [-0.25, -0.2) is 0 Å². The minimum atomic E-state index is -1.03. The number of carbonyl (C=O) groups is 1. The first-order valence-electron chi connectivity index (χ1n) is 10.5. The molecule has 158 valence electrons. The molecule has 1 rings (SSSR count). The standard InChI is InChI=1S/C23H37NO4/c1-2-3-4-5-6-7-8-9-13-16-24-22(17-20-14-11-10-12-15-20)23(27)28-19-21(26)18-25/h2,10-12,14-15,21-22,24-26H,1,3-9,13,16-19H2. The molecule has 0 heterocycles. The average molecular weight is 392 g/mol. The van der Waals surface area contributed by atoms with Gasteiger partial charge in [-0.15, -0.1) is 6.58 Å². The van der Waals surface area contributed by atoms with Crippen LogP contribution in [0.1, 0.15) is 56.9 Å². The number of rotatable bonds is 17. The summed E-state index contributed by atoms with van der Waals surface area (Å²) in [7, 11) is 0. The van der Waals surface area contributed by atoms with Gasteiger partial charge in [-0.05, 0) is 37.8 Å². The number of unbranched alkanes of at least 4 members (excludes halogenated alkanes) is 7. The molecule has 0 aliphatic rings. The number of aliphatic hydroxyl groups excluding tert-OH is 2. The highest BCUT2D eigenvalue weighted by atomic mass is 16.5. The molecule has 0 aromatic heterocycles. The van der Waals surface area contributed by atoms with Gasteiger partial charge in [-0.1, -0.05) is 68.5 Å². The van der Waals surface area contributed by atoms with Gasteiger partial charge in [0.25, 0.3) is 0 Å². The van der Waals surface area contributed by atoms with Gasteiger partial charge in [-0.2, -0.15) is 0 Å². The van der Waals surface area contributed by atoms with Crippen LogP contribution in [0.4, 0.5) is 0 Å². The van der Waals surface area contributed by atoms with Crippen LogP contribution in [0.5, 0.6) is 0 Å². The van der Waals surface area contributed by atoms with Crippen molar-refractivity contribution in [1.29, 1.82) is 0 Å². The van der Waals surface area contributed by atoms with Crippen LogP contribution in [0, 0.1) is 0 Å². The molecule has 0 amide bonds. The summed E-state index contributed by atoms with van der Waals surface area (Å²) < 4.78 is 5.15. The molecule has 5 heteroatoms. The van der Waals surface area contributed by atoms with E-state index in [4.69, 9.17) is 9.84 Å². The Morgan fingerprint density at radius 2 is 1.71 bits per heavy atom. The zero-order valence-corrected chi connectivity index (χ0v) is 17.0. The summed E-state index contributed by atoms with van der Waals surface area (Å²) in [6, 6.07) is 9.35. The zero-order chi connectivity index (χ0) is 20.5. The molecule has 3 N–H and O–H groups in total. The van der Waals surface area contributed by atoms with E-state index in [1.807, 2.05) is 36.4 Å². The first kappa shape index (κ1) is 24.3. The van der Waals surface area contributed by atoms with Crippen LogP contribution in [-0.2, 0) is 16.0 Å². The molecular formula is C23H37NO4. The van der Waals surface area contributed by atoms with Crippen molar-refractivity contribution in [3.8, 4) is 0 Å². The van der Waals surface area contributed by atoms with Crippen LogP contribution >= 0.6 is 0 Å². The molecule has 1 aromatic carbocycles. The van der Waals surface area contributed by atoms with Crippen LogP contribution in [0.2, 0.25) is 0 Å². The maximum absolute atomic E-state index is 12.4. The fourth-order valence-electron chi connectivity index (χ4n) is 2.99. The Bertz CT molecular complexity index is 521. The molecule has 2 atom stereocenters. The monoisotopic (exact) mass is 391 g/mol. The Morgan fingerprint density at radius 3 is 2.36 bits per heavy atom. The molecule has 0 aliphatic carbocycles. The minimum absolute atomic E-state index is 0.186. The maximum Gasteiger partial charge on any atom is 0.323 e. The van der Waals surface area contributed by atoms with E-state index in [2.05, 4.69) is 11.9 Å². The Kier molecular flexibility index (Phi) is 14.2. The molecule has 0 aliphatic heterocycles. The van der Waals surface area contributed by atoms with E-state index < -0.39 is 24.7 Å². The Hall–Kier alpha value is -1.69. The quantitative estimate of drug-likeness (QED) is 0.215. The van der Waals surface area contributed by atoms with Crippen LogP contribution in [0.15, 0.2) is 43.0 Å². The zero-order valence-electron chi connectivity index (χ0n) is 17.0. The predicted molar refractivity (Wildman–Crippen MR) is 113 cm³/mol. The number of nitrogens with one attached hydrogen (secondary N) is 1. The molecule has 0 fully saturated rings. The van der Waals surface area contributed by atoms with E-state index in [9.17, 15) is 9.90 Å². The van der Waals surface area contributed by atoms with Crippen molar-refractivity contribution >= 4 is 5.97 Å². The average Bonchev–Trinajstić information content (AvgIpc) is 2.72. The van der Waals surface area contributed by atoms with Gasteiger partial charge in [0.15, 0.2) is 0 Å². The Balaban J connectivity index is 2.30. The molecule has 0 saturated heterocycles. The van der Waals surface area contributed by atoms with Crippen molar-refractivity contribution in [2.75, 3.05) is 19.8 Å². The summed E-state index contributed by atoms with van der Waals surface area (Å²) in [6.45, 7) is 3.89. The third-order valence-corrected chi connectivity index (χ3v) is 4.67.